The van der Waals surface area contributed by atoms with E-state index in [1.807, 2.05) is 27.7 Å². The molecule has 4 heteroatoms. The van der Waals surface area contributed by atoms with Crippen LogP contribution in [0.15, 0.2) is 12.1 Å². The first-order chi connectivity index (χ1) is 7.40. The fourth-order valence-electron chi connectivity index (χ4n) is 1.22. The Morgan fingerprint density at radius 3 is 2.00 bits per heavy atom. The van der Waals surface area contributed by atoms with Gasteiger partial charge in [0.2, 0.25) is 0 Å². The molecule has 0 spiro atoms. The second-order valence-electron chi connectivity index (χ2n) is 4.08. The molecule has 0 radical (unpaired) electrons. The van der Waals surface area contributed by atoms with Gasteiger partial charge in [0, 0.05) is 12.1 Å². The fraction of sp³-hybridized carbons (Fsp3) is 0.500. The number of ether oxygens (including phenoxy) is 2. The summed E-state index contributed by atoms with van der Waals surface area (Å²) in [5.74, 6) is 0.870. The first-order valence-electron chi connectivity index (χ1n) is 5.26. The van der Waals surface area contributed by atoms with E-state index in [1.165, 1.54) is 6.07 Å². The van der Waals surface area contributed by atoms with Gasteiger partial charge >= 0.3 is 0 Å². The number of aromatic hydroxyl groups is 1. The van der Waals surface area contributed by atoms with Crippen LogP contribution in [0, 0.1) is 0 Å². The van der Waals surface area contributed by atoms with Crippen molar-refractivity contribution in [3.63, 3.8) is 0 Å². The molecule has 1 N–H and O–H groups in total. The first-order valence-corrected chi connectivity index (χ1v) is 5.63. The molecule has 0 aliphatic heterocycles. The largest absolute Gasteiger partial charge is 0.504 e. The van der Waals surface area contributed by atoms with Crippen LogP contribution in [0.25, 0.3) is 0 Å². The van der Waals surface area contributed by atoms with Crippen LogP contribution in [-0.2, 0) is 0 Å². The number of phenolic OH excluding ortho intramolecular Hbond substituents is 1. The minimum atomic E-state index is -0.0150. The van der Waals surface area contributed by atoms with Gasteiger partial charge in [-0.3, -0.25) is 0 Å². The summed E-state index contributed by atoms with van der Waals surface area (Å²) in [6, 6.07) is 3.04. The van der Waals surface area contributed by atoms with Gasteiger partial charge in [-0.2, -0.15) is 0 Å². The van der Waals surface area contributed by atoms with E-state index in [4.69, 9.17) is 21.1 Å². The van der Waals surface area contributed by atoms with Crippen molar-refractivity contribution in [1.82, 2.24) is 0 Å². The molecule has 0 aliphatic rings. The normalized spacial score (nSPS) is 10.9. The zero-order valence-electron chi connectivity index (χ0n) is 9.95. The molecule has 0 bridgehead atoms. The molecule has 0 amide bonds. The number of halogens is 1. The third kappa shape index (κ3) is 3.49. The molecule has 1 rings (SSSR count). The third-order valence-corrected chi connectivity index (χ3v) is 2.03. The van der Waals surface area contributed by atoms with Crippen molar-refractivity contribution in [2.75, 3.05) is 0 Å². The van der Waals surface area contributed by atoms with Crippen LogP contribution in [0.3, 0.4) is 0 Å². The molecule has 0 saturated carbocycles. The summed E-state index contributed by atoms with van der Waals surface area (Å²) < 4.78 is 10.8. The zero-order valence-corrected chi connectivity index (χ0v) is 10.7. The van der Waals surface area contributed by atoms with Gasteiger partial charge in [-0.15, -0.1) is 0 Å². The van der Waals surface area contributed by atoms with Crippen molar-refractivity contribution < 1.29 is 14.6 Å². The summed E-state index contributed by atoms with van der Waals surface area (Å²) >= 11 is 6.01. The molecule has 90 valence electrons. The van der Waals surface area contributed by atoms with E-state index in [0.717, 1.165) is 0 Å². The molecule has 0 aromatic heterocycles. The van der Waals surface area contributed by atoms with Gasteiger partial charge in [0.1, 0.15) is 5.75 Å². The molecule has 0 heterocycles. The van der Waals surface area contributed by atoms with Gasteiger partial charge < -0.3 is 14.6 Å². The summed E-state index contributed by atoms with van der Waals surface area (Å²) in [5, 5.41) is 10.1. The average molecular weight is 245 g/mol. The standard InChI is InChI=1S/C12H17ClO3/c1-7(2)15-11-6-10(14)12(5-9(11)13)16-8(3)4/h5-8,14H,1-4H3. The molecule has 0 saturated heterocycles. The summed E-state index contributed by atoms with van der Waals surface area (Å²) in [7, 11) is 0. The van der Waals surface area contributed by atoms with Crippen LogP contribution in [0.4, 0.5) is 0 Å². The van der Waals surface area contributed by atoms with Crippen molar-refractivity contribution in [2.24, 2.45) is 0 Å². The van der Waals surface area contributed by atoms with Gasteiger partial charge in [-0.25, -0.2) is 0 Å². The molecule has 3 nitrogen and oxygen atoms in total. The van der Waals surface area contributed by atoms with Crippen LogP contribution in [0.1, 0.15) is 27.7 Å². The van der Waals surface area contributed by atoms with Crippen LogP contribution in [0.5, 0.6) is 17.2 Å². The molecule has 1 aromatic rings. The van der Waals surface area contributed by atoms with Crippen LogP contribution in [-0.4, -0.2) is 17.3 Å². The Hall–Kier alpha value is -1.09. The Bertz CT molecular complexity index is 326. The van der Waals surface area contributed by atoms with E-state index < -0.39 is 0 Å². The summed E-state index contributed by atoms with van der Waals surface area (Å²) in [6.45, 7) is 7.55. The molecular weight excluding hydrogens is 228 g/mol. The Balaban J connectivity index is 2.97. The smallest absolute Gasteiger partial charge is 0.163 e. The van der Waals surface area contributed by atoms with Crippen molar-refractivity contribution in [3.05, 3.63) is 17.2 Å². The number of hydrogen-bond donors (Lipinski definition) is 1. The van der Waals surface area contributed by atoms with Crippen LogP contribution in [0.2, 0.25) is 5.02 Å². The third-order valence-electron chi connectivity index (χ3n) is 1.74. The molecule has 0 unspecified atom stereocenters. The zero-order chi connectivity index (χ0) is 12.3. The van der Waals surface area contributed by atoms with E-state index in [9.17, 15) is 5.11 Å². The molecule has 16 heavy (non-hydrogen) atoms. The lowest BCUT2D eigenvalue weighted by Gasteiger charge is -2.15. The fourth-order valence-corrected chi connectivity index (χ4v) is 1.42. The van der Waals surface area contributed by atoms with E-state index >= 15 is 0 Å². The predicted molar refractivity (Wildman–Crippen MR) is 64.6 cm³/mol. The van der Waals surface area contributed by atoms with Crippen LogP contribution < -0.4 is 9.47 Å². The van der Waals surface area contributed by atoms with E-state index in [-0.39, 0.29) is 18.0 Å². The lowest BCUT2D eigenvalue weighted by atomic mass is 10.3. The summed E-state index contributed by atoms with van der Waals surface area (Å²) in [5.41, 5.74) is 0. The molecule has 1 aromatic carbocycles. The number of rotatable bonds is 4. The summed E-state index contributed by atoms with van der Waals surface area (Å²) in [4.78, 5) is 0. The van der Waals surface area contributed by atoms with Crippen molar-refractivity contribution in [2.45, 2.75) is 39.9 Å². The van der Waals surface area contributed by atoms with Gasteiger partial charge in [-0.1, -0.05) is 11.6 Å². The molecule has 0 atom stereocenters. The number of benzene rings is 1. The average Bonchev–Trinajstić information content (AvgIpc) is 2.11. The maximum Gasteiger partial charge on any atom is 0.163 e. The minimum Gasteiger partial charge on any atom is -0.504 e. The highest BCUT2D eigenvalue weighted by atomic mass is 35.5. The SMILES string of the molecule is CC(C)Oc1cc(Cl)c(OC(C)C)cc1O. The highest BCUT2D eigenvalue weighted by Crippen LogP contribution is 2.37. The monoisotopic (exact) mass is 244 g/mol. The van der Waals surface area contributed by atoms with Gasteiger partial charge in [-0.05, 0) is 27.7 Å². The number of phenols is 1. The Morgan fingerprint density at radius 1 is 1.00 bits per heavy atom. The van der Waals surface area contributed by atoms with E-state index in [2.05, 4.69) is 0 Å². The second-order valence-corrected chi connectivity index (χ2v) is 4.49. The molecule has 0 aliphatic carbocycles. The maximum absolute atomic E-state index is 9.71. The lowest BCUT2D eigenvalue weighted by Crippen LogP contribution is -2.08. The van der Waals surface area contributed by atoms with Crippen molar-refractivity contribution in [1.29, 1.82) is 0 Å². The quantitative estimate of drug-likeness (QED) is 0.879. The first kappa shape index (κ1) is 13.0. The highest BCUT2D eigenvalue weighted by molar-refractivity contribution is 6.32. The van der Waals surface area contributed by atoms with Gasteiger partial charge in [0.15, 0.2) is 11.5 Å². The Labute approximate surface area is 101 Å². The maximum atomic E-state index is 9.71. The van der Waals surface area contributed by atoms with Gasteiger partial charge in [0.05, 0.1) is 17.2 Å². The molecule has 0 fully saturated rings. The van der Waals surface area contributed by atoms with E-state index in [0.29, 0.717) is 16.5 Å². The van der Waals surface area contributed by atoms with Crippen LogP contribution >= 0.6 is 11.6 Å². The highest BCUT2D eigenvalue weighted by Gasteiger charge is 2.12. The number of hydrogen-bond acceptors (Lipinski definition) is 3. The topological polar surface area (TPSA) is 38.7 Å². The second kappa shape index (κ2) is 5.30. The van der Waals surface area contributed by atoms with E-state index in [1.54, 1.807) is 6.07 Å². The summed E-state index contributed by atoms with van der Waals surface area (Å²) in [6.07, 6.45) is -0.00685. The van der Waals surface area contributed by atoms with Crippen molar-refractivity contribution >= 4 is 11.6 Å². The minimum absolute atomic E-state index is 0.00812. The molecular formula is C12H17ClO3. The Morgan fingerprint density at radius 2 is 1.50 bits per heavy atom. The predicted octanol–water partition coefficient (Wildman–Crippen LogP) is 3.62. The van der Waals surface area contributed by atoms with Crippen molar-refractivity contribution in [3.8, 4) is 17.2 Å². The Kier molecular flexibility index (Phi) is 4.30. The van der Waals surface area contributed by atoms with Gasteiger partial charge in [0.25, 0.3) is 0 Å². The lowest BCUT2D eigenvalue weighted by molar-refractivity contribution is 0.225.